The number of amides is 1. The van der Waals surface area contributed by atoms with Gasteiger partial charge in [-0.15, -0.1) is 0 Å². The Morgan fingerprint density at radius 2 is 2.00 bits per heavy atom. The highest BCUT2D eigenvalue weighted by molar-refractivity contribution is 5.92. The van der Waals surface area contributed by atoms with Crippen LogP contribution in [0.3, 0.4) is 0 Å². The zero-order chi connectivity index (χ0) is 14.6. The first-order chi connectivity index (χ1) is 8.75. The Morgan fingerprint density at radius 1 is 1.37 bits per heavy atom. The van der Waals surface area contributed by atoms with Crippen LogP contribution in [0, 0.1) is 12.3 Å². The second-order valence-corrected chi connectivity index (χ2v) is 6.32. The molecule has 0 unspecified atom stereocenters. The molecule has 0 heterocycles. The summed E-state index contributed by atoms with van der Waals surface area (Å²) in [5.74, 6) is 0.483. The van der Waals surface area contributed by atoms with Crippen molar-refractivity contribution < 1.29 is 4.79 Å². The molecule has 1 amide bonds. The number of nitrogens with one attached hydrogen (secondary N) is 1. The van der Waals surface area contributed by atoms with Crippen molar-refractivity contribution in [3.63, 3.8) is 0 Å². The second kappa shape index (κ2) is 6.20. The summed E-state index contributed by atoms with van der Waals surface area (Å²) in [7, 11) is 0. The van der Waals surface area contributed by atoms with Gasteiger partial charge < -0.3 is 11.1 Å². The first-order valence-electron chi connectivity index (χ1n) is 6.85. The fraction of sp³-hybridized carbons (Fsp3) is 0.562. The minimum atomic E-state index is -0.159. The molecular formula is C16H26N2O. The number of nitrogens with two attached hydrogens (primary N) is 1. The van der Waals surface area contributed by atoms with Gasteiger partial charge in [0.25, 0.3) is 0 Å². The lowest BCUT2D eigenvalue weighted by Crippen LogP contribution is -2.29. The molecule has 0 atom stereocenters. The third-order valence-electron chi connectivity index (χ3n) is 3.39. The first kappa shape index (κ1) is 15.7. The number of hydrogen-bond acceptors (Lipinski definition) is 2. The smallest absolute Gasteiger partial charge is 0.224 e. The average molecular weight is 262 g/mol. The number of hydrogen-bond donors (Lipinski definition) is 2. The van der Waals surface area contributed by atoms with Gasteiger partial charge in [0.15, 0.2) is 0 Å². The summed E-state index contributed by atoms with van der Waals surface area (Å²) in [6, 6.07) is 6.23. The van der Waals surface area contributed by atoms with Crippen LogP contribution in [0.2, 0.25) is 0 Å². The summed E-state index contributed by atoms with van der Waals surface area (Å²) < 4.78 is 0. The number of anilines is 1. The second-order valence-electron chi connectivity index (χ2n) is 6.32. The van der Waals surface area contributed by atoms with E-state index in [2.05, 4.69) is 37.4 Å². The van der Waals surface area contributed by atoms with Crippen LogP contribution >= 0.6 is 0 Å². The maximum atomic E-state index is 12.1. The van der Waals surface area contributed by atoms with E-state index in [0.717, 1.165) is 11.3 Å². The molecule has 3 heteroatoms. The van der Waals surface area contributed by atoms with Crippen molar-refractivity contribution in [2.24, 2.45) is 11.1 Å². The predicted molar refractivity (Wildman–Crippen MR) is 81.4 cm³/mol. The Balaban J connectivity index is 2.82. The summed E-state index contributed by atoms with van der Waals surface area (Å²) in [6.45, 7) is 10.8. The van der Waals surface area contributed by atoms with Gasteiger partial charge in [-0.3, -0.25) is 4.79 Å². The number of rotatable bonds is 5. The summed E-state index contributed by atoms with van der Waals surface area (Å²) in [4.78, 5) is 12.1. The van der Waals surface area contributed by atoms with Crippen LogP contribution < -0.4 is 11.1 Å². The van der Waals surface area contributed by atoms with E-state index in [0.29, 0.717) is 18.9 Å². The van der Waals surface area contributed by atoms with Crippen molar-refractivity contribution >= 4 is 11.6 Å². The topological polar surface area (TPSA) is 55.1 Å². The maximum absolute atomic E-state index is 12.1. The number of carbonyl (C=O) groups is 1. The van der Waals surface area contributed by atoms with Crippen LogP contribution in [0.1, 0.15) is 51.2 Å². The SMILES string of the molecule is Cc1ccc(C(C)C)cc1NC(=O)CC(C)(C)CN. The lowest BCUT2D eigenvalue weighted by molar-refractivity contribution is -0.117. The maximum Gasteiger partial charge on any atom is 0.224 e. The van der Waals surface area contributed by atoms with E-state index in [9.17, 15) is 4.79 Å². The third-order valence-corrected chi connectivity index (χ3v) is 3.39. The molecule has 3 nitrogen and oxygen atoms in total. The molecule has 1 aromatic carbocycles. The minimum Gasteiger partial charge on any atom is -0.330 e. The highest BCUT2D eigenvalue weighted by Gasteiger charge is 2.20. The fourth-order valence-corrected chi connectivity index (χ4v) is 1.83. The van der Waals surface area contributed by atoms with E-state index < -0.39 is 0 Å². The molecule has 0 spiro atoms. The van der Waals surface area contributed by atoms with Crippen molar-refractivity contribution in [3.8, 4) is 0 Å². The molecule has 1 aromatic rings. The molecule has 106 valence electrons. The molecule has 0 aliphatic heterocycles. The molecule has 0 fully saturated rings. The largest absolute Gasteiger partial charge is 0.330 e. The van der Waals surface area contributed by atoms with Gasteiger partial charge in [0.1, 0.15) is 0 Å². The third kappa shape index (κ3) is 4.67. The summed E-state index contributed by atoms with van der Waals surface area (Å²) in [5.41, 5.74) is 8.73. The lowest BCUT2D eigenvalue weighted by Gasteiger charge is -2.22. The van der Waals surface area contributed by atoms with Crippen LogP contribution in [0.25, 0.3) is 0 Å². The zero-order valence-corrected chi connectivity index (χ0v) is 12.7. The highest BCUT2D eigenvalue weighted by Crippen LogP contribution is 2.24. The van der Waals surface area contributed by atoms with Gasteiger partial charge in [-0.05, 0) is 42.0 Å². The summed E-state index contributed by atoms with van der Waals surface area (Å²) in [6.07, 6.45) is 0.439. The van der Waals surface area contributed by atoms with E-state index in [1.807, 2.05) is 20.8 Å². The molecule has 0 radical (unpaired) electrons. The molecule has 0 saturated carbocycles. The van der Waals surface area contributed by atoms with Crippen LogP contribution in [0.4, 0.5) is 5.69 Å². The van der Waals surface area contributed by atoms with Crippen molar-refractivity contribution in [2.75, 3.05) is 11.9 Å². The van der Waals surface area contributed by atoms with Crippen LogP contribution in [0.15, 0.2) is 18.2 Å². The average Bonchev–Trinajstić information content (AvgIpc) is 2.31. The van der Waals surface area contributed by atoms with Gasteiger partial charge in [0.2, 0.25) is 5.91 Å². The first-order valence-corrected chi connectivity index (χ1v) is 6.85. The zero-order valence-electron chi connectivity index (χ0n) is 12.7. The molecule has 0 bridgehead atoms. The molecule has 19 heavy (non-hydrogen) atoms. The molecular weight excluding hydrogens is 236 g/mol. The Hall–Kier alpha value is -1.35. The molecule has 1 rings (SSSR count). The molecule has 0 aliphatic carbocycles. The quantitative estimate of drug-likeness (QED) is 0.854. The van der Waals surface area contributed by atoms with Gasteiger partial charge >= 0.3 is 0 Å². The summed E-state index contributed by atoms with van der Waals surface area (Å²) >= 11 is 0. The lowest BCUT2D eigenvalue weighted by atomic mass is 9.89. The van der Waals surface area contributed by atoms with Crippen molar-refractivity contribution in [1.82, 2.24) is 0 Å². The number of aryl methyl sites for hydroxylation is 1. The van der Waals surface area contributed by atoms with E-state index >= 15 is 0 Å². The monoisotopic (exact) mass is 262 g/mol. The Morgan fingerprint density at radius 3 is 2.53 bits per heavy atom. The Labute approximate surface area is 116 Å². The normalized spacial score (nSPS) is 11.7. The molecule has 0 saturated heterocycles. The molecule has 0 aliphatic rings. The van der Waals surface area contributed by atoms with Gasteiger partial charge in [-0.25, -0.2) is 0 Å². The van der Waals surface area contributed by atoms with Crippen molar-refractivity contribution in [2.45, 2.75) is 47.0 Å². The van der Waals surface area contributed by atoms with Crippen LogP contribution in [-0.2, 0) is 4.79 Å². The predicted octanol–water partition coefficient (Wildman–Crippen LogP) is 3.43. The highest BCUT2D eigenvalue weighted by atomic mass is 16.1. The van der Waals surface area contributed by atoms with E-state index in [1.165, 1.54) is 5.56 Å². The van der Waals surface area contributed by atoms with Crippen molar-refractivity contribution in [3.05, 3.63) is 29.3 Å². The van der Waals surface area contributed by atoms with Gasteiger partial charge in [0, 0.05) is 12.1 Å². The van der Waals surface area contributed by atoms with Crippen molar-refractivity contribution in [1.29, 1.82) is 0 Å². The summed E-state index contributed by atoms with van der Waals surface area (Å²) in [5, 5.41) is 3.00. The standard InChI is InChI=1S/C16H26N2O/c1-11(2)13-7-6-12(3)14(8-13)18-15(19)9-16(4,5)10-17/h6-8,11H,9-10,17H2,1-5H3,(H,18,19). The number of carbonyl (C=O) groups excluding carboxylic acids is 1. The van der Waals surface area contributed by atoms with E-state index in [4.69, 9.17) is 5.73 Å². The Kier molecular flexibility index (Phi) is 5.12. The van der Waals surface area contributed by atoms with E-state index in [1.54, 1.807) is 0 Å². The molecule has 0 aromatic heterocycles. The van der Waals surface area contributed by atoms with Gasteiger partial charge in [-0.2, -0.15) is 0 Å². The van der Waals surface area contributed by atoms with Crippen LogP contribution in [0.5, 0.6) is 0 Å². The van der Waals surface area contributed by atoms with E-state index in [-0.39, 0.29) is 11.3 Å². The fourth-order valence-electron chi connectivity index (χ4n) is 1.83. The van der Waals surface area contributed by atoms with Gasteiger partial charge in [-0.1, -0.05) is 39.8 Å². The van der Waals surface area contributed by atoms with Gasteiger partial charge in [0.05, 0.1) is 0 Å². The van der Waals surface area contributed by atoms with Crippen LogP contribution in [-0.4, -0.2) is 12.5 Å². The molecule has 3 N–H and O–H groups in total. The Bertz CT molecular complexity index is 450. The number of benzene rings is 1. The minimum absolute atomic E-state index is 0.0273.